The molecule has 1 saturated heterocycles. The molecule has 1 N–H and O–H groups in total. The second kappa shape index (κ2) is 8.27. The van der Waals surface area contributed by atoms with E-state index in [-0.39, 0.29) is 17.8 Å². The summed E-state index contributed by atoms with van der Waals surface area (Å²) in [5.41, 5.74) is 1.32. The van der Waals surface area contributed by atoms with Gasteiger partial charge in [0.1, 0.15) is 11.1 Å². The number of rotatable bonds is 6. The Morgan fingerprint density at radius 3 is 2.92 bits per heavy atom. The van der Waals surface area contributed by atoms with Crippen LogP contribution in [0.25, 0.3) is 0 Å². The van der Waals surface area contributed by atoms with Crippen molar-refractivity contribution in [2.45, 2.75) is 50.0 Å². The average Bonchev–Trinajstić information content (AvgIpc) is 3.05. The van der Waals surface area contributed by atoms with Gasteiger partial charge in [0.15, 0.2) is 5.78 Å². The van der Waals surface area contributed by atoms with Crippen LogP contribution in [0.15, 0.2) is 11.1 Å². The summed E-state index contributed by atoms with van der Waals surface area (Å²) in [5, 5.41) is 12.2. The van der Waals surface area contributed by atoms with Gasteiger partial charge in [-0.3, -0.25) is 9.59 Å². The highest BCUT2D eigenvalue weighted by molar-refractivity contribution is 8.00. The number of aryl methyl sites for hydroxylation is 1. The van der Waals surface area contributed by atoms with Gasteiger partial charge >= 0.3 is 0 Å². The lowest BCUT2D eigenvalue weighted by Crippen LogP contribution is -2.36. The van der Waals surface area contributed by atoms with Crippen LogP contribution in [0.5, 0.6) is 0 Å². The van der Waals surface area contributed by atoms with Crippen molar-refractivity contribution in [2.24, 2.45) is 0 Å². The molecule has 6 nitrogen and oxygen atoms in total. The fraction of sp³-hybridized carbons (Fsp3) is 0.529. The summed E-state index contributed by atoms with van der Waals surface area (Å²) in [6.07, 6.45) is 2.09. The Morgan fingerprint density at radius 2 is 2.33 bits per heavy atom. The van der Waals surface area contributed by atoms with Crippen LogP contribution >= 0.6 is 11.8 Å². The summed E-state index contributed by atoms with van der Waals surface area (Å²) >= 11 is 1.22. The maximum atomic E-state index is 12.2. The van der Waals surface area contributed by atoms with Gasteiger partial charge < -0.3 is 10.1 Å². The smallest absolute Gasteiger partial charge is 0.233 e. The predicted octanol–water partition coefficient (Wildman–Crippen LogP) is 2.24. The third kappa shape index (κ3) is 4.56. The first kappa shape index (κ1) is 18.4. The van der Waals surface area contributed by atoms with Crippen molar-refractivity contribution < 1.29 is 14.3 Å². The van der Waals surface area contributed by atoms with E-state index in [1.165, 1.54) is 18.7 Å². The molecule has 0 saturated carbocycles. The number of carbonyl (C=O) groups is 2. The number of nitriles is 1. The molecule has 1 aromatic heterocycles. The quantitative estimate of drug-likeness (QED) is 0.627. The molecule has 1 aliphatic heterocycles. The fourth-order valence-corrected chi connectivity index (χ4v) is 3.44. The number of hydrogen-bond acceptors (Lipinski definition) is 6. The molecule has 2 rings (SSSR count). The number of ketones is 1. The molecular weight excluding hydrogens is 326 g/mol. The molecule has 0 aliphatic carbocycles. The van der Waals surface area contributed by atoms with Gasteiger partial charge in [-0.2, -0.15) is 5.26 Å². The Morgan fingerprint density at radius 1 is 1.58 bits per heavy atom. The van der Waals surface area contributed by atoms with Gasteiger partial charge in [-0.15, -0.1) is 0 Å². The van der Waals surface area contributed by atoms with Crippen LogP contribution in [0.2, 0.25) is 0 Å². The molecule has 1 aliphatic rings. The van der Waals surface area contributed by atoms with Gasteiger partial charge in [0.2, 0.25) is 5.91 Å². The maximum absolute atomic E-state index is 12.2. The molecule has 1 amide bonds. The van der Waals surface area contributed by atoms with Crippen LogP contribution in [0.4, 0.5) is 0 Å². The minimum Gasteiger partial charge on any atom is -0.376 e. The third-order valence-electron chi connectivity index (χ3n) is 3.86. The summed E-state index contributed by atoms with van der Waals surface area (Å²) in [7, 11) is 0. The number of pyridine rings is 1. The zero-order chi connectivity index (χ0) is 17.7. The van der Waals surface area contributed by atoms with Crippen molar-refractivity contribution in [1.82, 2.24) is 10.3 Å². The maximum Gasteiger partial charge on any atom is 0.233 e. The predicted molar refractivity (Wildman–Crippen MR) is 91.0 cm³/mol. The van der Waals surface area contributed by atoms with Gasteiger partial charge in [-0.25, -0.2) is 4.98 Å². The first-order valence-corrected chi connectivity index (χ1v) is 8.79. The number of aromatic nitrogens is 1. The Labute approximate surface area is 146 Å². The Balaban J connectivity index is 2.03. The van der Waals surface area contributed by atoms with Crippen LogP contribution in [0.3, 0.4) is 0 Å². The summed E-state index contributed by atoms with van der Waals surface area (Å²) in [4.78, 5) is 28.1. The van der Waals surface area contributed by atoms with Crippen molar-refractivity contribution >= 4 is 23.5 Å². The molecule has 0 aromatic carbocycles. The Kier molecular flexibility index (Phi) is 6.35. The van der Waals surface area contributed by atoms with E-state index >= 15 is 0 Å². The van der Waals surface area contributed by atoms with Gasteiger partial charge in [-0.1, -0.05) is 11.8 Å². The molecule has 0 spiro atoms. The number of thioether (sulfide) groups is 1. The van der Waals surface area contributed by atoms with Crippen LogP contribution in [-0.2, 0) is 9.53 Å². The van der Waals surface area contributed by atoms with E-state index < -0.39 is 5.25 Å². The topological polar surface area (TPSA) is 92.1 Å². The molecule has 0 radical (unpaired) electrons. The second-order valence-electron chi connectivity index (χ2n) is 5.78. The van der Waals surface area contributed by atoms with Crippen molar-refractivity contribution in [2.75, 3.05) is 13.2 Å². The van der Waals surface area contributed by atoms with Crippen molar-refractivity contribution in [3.8, 4) is 6.07 Å². The van der Waals surface area contributed by atoms with Crippen molar-refractivity contribution in [3.05, 3.63) is 22.9 Å². The largest absolute Gasteiger partial charge is 0.376 e. The van der Waals surface area contributed by atoms with Crippen LogP contribution in [0.1, 0.15) is 48.3 Å². The molecule has 7 heteroatoms. The minimum absolute atomic E-state index is 0.0936. The molecule has 2 atom stereocenters. The lowest BCUT2D eigenvalue weighted by molar-refractivity contribution is -0.120. The number of Topliss-reactive ketones (excluding diaryl/α,β-unsaturated/α-hetero) is 1. The summed E-state index contributed by atoms with van der Waals surface area (Å²) in [5.74, 6) is -0.245. The SMILES string of the molecule is CC(=O)c1cc(C#N)c(S[C@@H](C)C(=O)NC[C@@H]2CCCO2)nc1C. The summed E-state index contributed by atoms with van der Waals surface area (Å²) < 4.78 is 5.48. The molecular formula is C17H21N3O3S. The number of carbonyl (C=O) groups excluding carboxylic acids is 2. The minimum atomic E-state index is -0.395. The standard InChI is InChI=1S/C17H21N3O3S/c1-10-15(11(2)21)7-13(8-18)17(20-10)24-12(3)16(22)19-9-14-5-4-6-23-14/h7,12,14H,4-6,9H2,1-3H3,(H,19,22)/t12-,14-/m0/s1. The lowest BCUT2D eigenvalue weighted by atomic mass is 10.1. The van der Waals surface area contributed by atoms with E-state index in [1.807, 2.05) is 0 Å². The van der Waals surface area contributed by atoms with Crippen LogP contribution in [-0.4, -0.2) is 41.2 Å². The normalized spacial score (nSPS) is 18.0. The van der Waals surface area contributed by atoms with Gasteiger partial charge in [0, 0.05) is 24.4 Å². The van der Waals surface area contributed by atoms with E-state index in [1.54, 1.807) is 19.9 Å². The average molecular weight is 347 g/mol. The van der Waals surface area contributed by atoms with Crippen LogP contribution < -0.4 is 5.32 Å². The zero-order valence-corrected chi connectivity index (χ0v) is 14.9. The van der Waals surface area contributed by atoms with Crippen molar-refractivity contribution in [3.63, 3.8) is 0 Å². The van der Waals surface area contributed by atoms with E-state index in [9.17, 15) is 14.9 Å². The number of amides is 1. The summed E-state index contributed by atoms with van der Waals surface area (Å²) in [6.45, 7) is 6.20. The first-order valence-electron chi connectivity index (χ1n) is 7.91. The number of ether oxygens (including phenoxy) is 1. The molecule has 0 bridgehead atoms. The molecule has 0 unspecified atom stereocenters. The van der Waals surface area contributed by atoms with Crippen LogP contribution in [0, 0.1) is 18.3 Å². The molecule has 128 valence electrons. The highest BCUT2D eigenvalue weighted by Gasteiger charge is 2.21. The second-order valence-corrected chi connectivity index (χ2v) is 7.11. The van der Waals surface area contributed by atoms with E-state index in [2.05, 4.69) is 16.4 Å². The Hall–Kier alpha value is -1.91. The Bertz CT molecular complexity index is 678. The van der Waals surface area contributed by atoms with E-state index in [0.717, 1.165) is 19.4 Å². The highest BCUT2D eigenvalue weighted by atomic mass is 32.2. The first-order chi connectivity index (χ1) is 11.4. The van der Waals surface area contributed by atoms with E-state index in [0.29, 0.717) is 28.4 Å². The lowest BCUT2D eigenvalue weighted by Gasteiger charge is -2.15. The molecule has 24 heavy (non-hydrogen) atoms. The zero-order valence-electron chi connectivity index (χ0n) is 14.1. The molecule has 1 fully saturated rings. The van der Waals surface area contributed by atoms with Gasteiger partial charge in [-0.05, 0) is 39.7 Å². The number of nitrogens with zero attached hydrogens (tertiary/aromatic N) is 2. The van der Waals surface area contributed by atoms with E-state index in [4.69, 9.17) is 4.74 Å². The molecule has 1 aromatic rings. The van der Waals surface area contributed by atoms with Crippen molar-refractivity contribution in [1.29, 1.82) is 5.26 Å². The number of hydrogen-bond donors (Lipinski definition) is 1. The molecule has 2 heterocycles. The van der Waals surface area contributed by atoms with Gasteiger partial charge in [0.25, 0.3) is 0 Å². The number of nitrogens with one attached hydrogen (secondary N) is 1. The highest BCUT2D eigenvalue weighted by Crippen LogP contribution is 2.27. The monoisotopic (exact) mass is 347 g/mol. The fourth-order valence-electron chi connectivity index (χ4n) is 2.49. The third-order valence-corrected chi connectivity index (χ3v) is 4.97. The van der Waals surface area contributed by atoms with Gasteiger partial charge in [0.05, 0.1) is 16.9 Å². The summed E-state index contributed by atoms with van der Waals surface area (Å²) in [6, 6.07) is 3.60.